The first-order valence-corrected chi connectivity index (χ1v) is 5.51. The van der Waals surface area contributed by atoms with Crippen LogP contribution in [0.4, 0.5) is 0 Å². The van der Waals surface area contributed by atoms with Crippen molar-refractivity contribution in [3.8, 4) is 0 Å². The van der Waals surface area contributed by atoms with E-state index in [4.69, 9.17) is 5.11 Å². The number of aliphatic hydroxyl groups is 1. The summed E-state index contributed by atoms with van der Waals surface area (Å²) in [7, 11) is 0. The molecule has 0 saturated carbocycles. The topological polar surface area (TPSA) is 20.2 Å². The summed E-state index contributed by atoms with van der Waals surface area (Å²) in [6, 6.07) is 10.6. The Hall–Kier alpha value is -0.820. The molecule has 14 heavy (non-hydrogen) atoms. The maximum Gasteiger partial charge on any atom is 0.0512 e. The van der Waals surface area contributed by atoms with Crippen LogP contribution in [-0.4, -0.2) is 11.2 Å². The molecule has 0 unspecified atom stereocenters. The van der Waals surface area contributed by atoms with Gasteiger partial charge in [0.05, 0.1) is 6.10 Å². The first-order chi connectivity index (χ1) is 6.79. The molecular formula is C13H20O. The summed E-state index contributed by atoms with van der Waals surface area (Å²) in [6.07, 6.45) is 5.57. The Morgan fingerprint density at radius 2 is 1.79 bits per heavy atom. The first kappa shape index (κ1) is 11.3. The molecule has 0 fully saturated rings. The summed E-state index contributed by atoms with van der Waals surface area (Å²) in [6.45, 7) is 1.86. The van der Waals surface area contributed by atoms with Gasteiger partial charge < -0.3 is 5.11 Å². The molecule has 0 bridgehead atoms. The molecule has 1 aromatic rings. The molecular weight excluding hydrogens is 172 g/mol. The largest absolute Gasteiger partial charge is 0.393 e. The number of benzene rings is 1. The Balaban J connectivity index is 2.05. The summed E-state index contributed by atoms with van der Waals surface area (Å²) in [4.78, 5) is 0. The molecule has 1 rings (SSSR count). The quantitative estimate of drug-likeness (QED) is 0.686. The van der Waals surface area contributed by atoms with Gasteiger partial charge in [0.2, 0.25) is 0 Å². The van der Waals surface area contributed by atoms with Crippen LogP contribution in [0.2, 0.25) is 0 Å². The van der Waals surface area contributed by atoms with Crippen molar-refractivity contribution in [2.24, 2.45) is 0 Å². The number of hydrogen-bond donors (Lipinski definition) is 1. The lowest BCUT2D eigenvalue weighted by molar-refractivity contribution is 0.180. The van der Waals surface area contributed by atoms with Crippen LogP contribution in [0.5, 0.6) is 0 Å². The van der Waals surface area contributed by atoms with Crippen LogP contribution in [0, 0.1) is 0 Å². The van der Waals surface area contributed by atoms with E-state index in [1.54, 1.807) is 0 Å². The van der Waals surface area contributed by atoms with E-state index in [0.717, 1.165) is 12.8 Å². The van der Waals surface area contributed by atoms with E-state index in [1.807, 2.05) is 6.92 Å². The highest BCUT2D eigenvalue weighted by Gasteiger charge is 1.96. The fourth-order valence-corrected chi connectivity index (χ4v) is 1.59. The van der Waals surface area contributed by atoms with E-state index in [9.17, 15) is 0 Å². The molecule has 0 heterocycles. The van der Waals surface area contributed by atoms with Crippen LogP contribution >= 0.6 is 0 Å². The SMILES string of the molecule is C[C@H](O)CCCCCc1ccccc1. The second kappa shape index (κ2) is 6.61. The maximum absolute atomic E-state index is 9.07. The highest BCUT2D eigenvalue weighted by molar-refractivity contribution is 5.14. The molecule has 0 amide bonds. The molecule has 0 spiro atoms. The van der Waals surface area contributed by atoms with E-state index >= 15 is 0 Å². The monoisotopic (exact) mass is 192 g/mol. The molecule has 0 aliphatic heterocycles. The van der Waals surface area contributed by atoms with Gasteiger partial charge in [-0.15, -0.1) is 0 Å². The average Bonchev–Trinajstić information content (AvgIpc) is 2.18. The zero-order chi connectivity index (χ0) is 10.2. The van der Waals surface area contributed by atoms with Crippen molar-refractivity contribution >= 4 is 0 Å². The van der Waals surface area contributed by atoms with E-state index < -0.39 is 0 Å². The molecule has 1 nitrogen and oxygen atoms in total. The molecule has 0 aliphatic carbocycles. The highest BCUT2D eigenvalue weighted by atomic mass is 16.3. The molecule has 0 saturated heterocycles. The number of aliphatic hydroxyl groups excluding tert-OH is 1. The maximum atomic E-state index is 9.07. The van der Waals surface area contributed by atoms with Crippen molar-refractivity contribution in [3.05, 3.63) is 35.9 Å². The van der Waals surface area contributed by atoms with Crippen molar-refractivity contribution in [1.82, 2.24) is 0 Å². The van der Waals surface area contributed by atoms with Crippen LogP contribution in [-0.2, 0) is 6.42 Å². The predicted molar refractivity (Wildman–Crippen MR) is 60.3 cm³/mol. The van der Waals surface area contributed by atoms with E-state index in [2.05, 4.69) is 30.3 Å². The van der Waals surface area contributed by atoms with Crippen LogP contribution in [0.25, 0.3) is 0 Å². The number of unbranched alkanes of at least 4 members (excludes halogenated alkanes) is 2. The van der Waals surface area contributed by atoms with Crippen molar-refractivity contribution in [3.63, 3.8) is 0 Å². The van der Waals surface area contributed by atoms with Crippen LogP contribution in [0.15, 0.2) is 30.3 Å². The van der Waals surface area contributed by atoms with Crippen LogP contribution in [0.3, 0.4) is 0 Å². The number of aryl methyl sites for hydroxylation is 1. The third-order valence-electron chi connectivity index (χ3n) is 2.43. The molecule has 0 aliphatic rings. The Kier molecular flexibility index (Phi) is 5.31. The smallest absolute Gasteiger partial charge is 0.0512 e. The van der Waals surface area contributed by atoms with Crippen molar-refractivity contribution in [2.75, 3.05) is 0 Å². The van der Waals surface area contributed by atoms with Gasteiger partial charge in [-0.3, -0.25) is 0 Å². The lowest BCUT2D eigenvalue weighted by Gasteiger charge is -2.03. The second-order valence-corrected chi connectivity index (χ2v) is 3.93. The Morgan fingerprint density at radius 1 is 1.07 bits per heavy atom. The van der Waals surface area contributed by atoms with Gasteiger partial charge in [0.25, 0.3) is 0 Å². The third kappa shape index (κ3) is 5.03. The predicted octanol–water partition coefficient (Wildman–Crippen LogP) is 3.17. The minimum Gasteiger partial charge on any atom is -0.393 e. The molecule has 0 aromatic heterocycles. The summed E-state index contributed by atoms with van der Waals surface area (Å²) in [5.41, 5.74) is 1.42. The lowest BCUT2D eigenvalue weighted by Crippen LogP contribution is -1.98. The van der Waals surface area contributed by atoms with Gasteiger partial charge in [-0.05, 0) is 31.7 Å². The zero-order valence-electron chi connectivity index (χ0n) is 8.95. The number of hydrogen-bond acceptors (Lipinski definition) is 1. The van der Waals surface area contributed by atoms with Crippen LogP contribution in [0.1, 0.15) is 38.2 Å². The zero-order valence-corrected chi connectivity index (χ0v) is 8.95. The molecule has 1 aromatic carbocycles. The highest BCUT2D eigenvalue weighted by Crippen LogP contribution is 2.08. The number of rotatable bonds is 6. The van der Waals surface area contributed by atoms with Crippen LogP contribution < -0.4 is 0 Å². The van der Waals surface area contributed by atoms with Gasteiger partial charge in [-0.25, -0.2) is 0 Å². The second-order valence-electron chi connectivity index (χ2n) is 3.93. The molecule has 78 valence electrons. The van der Waals surface area contributed by atoms with E-state index in [0.29, 0.717) is 0 Å². The van der Waals surface area contributed by atoms with Crippen molar-refractivity contribution < 1.29 is 5.11 Å². The normalized spacial score (nSPS) is 12.7. The Bertz CT molecular complexity index is 228. The molecule has 0 radical (unpaired) electrons. The van der Waals surface area contributed by atoms with E-state index in [-0.39, 0.29) is 6.10 Å². The van der Waals surface area contributed by atoms with Gasteiger partial charge >= 0.3 is 0 Å². The fourth-order valence-electron chi connectivity index (χ4n) is 1.59. The Morgan fingerprint density at radius 3 is 2.43 bits per heavy atom. The summed E-state index contributed by atoms with van der Waals surface area (Å²) < 4.78 is 0. The summed E-state index contributed by atoms with van der Waals surface area (Å²) >= 11 is 0. The average molecular weight is 192 g/mol. The summed E-state index contributed by atoms with van der Waals surface area (Å²) in [5.74, 6) is 0. The molecule has 1 N–H and O–H groups in total. The van der Waals surface area contributed by atoms with Gasteiger partial charge in [0, 0.05) is 0 Å². The third-order valence-corrected chi connectivity index (χ3v) is 2.43. The van der Waals surface area contributed by atoms with Crippen molar-refractivity contribution in [1.29, 1.82) is 0 Å². The minimum atomic E-state index is -0.133. The van der Waals surface area contributed by atoms with E-state index in [1.165, 1.54) is 24.8 Å². The minimum absolute atomic E-state index is 0.133. The van der Waals surface area contributed by atoms with Crippen molar-refractivity contribution in [2.45, 2.75) is 45.1 Å². The standard InChI is InChI=1S/C13H20O/c1-12(14)8-4-2-5-9-13-10-6-3-7-11-13/h3,6-7,10-12,14H,2,4-5,8-9H2,1H3/t12-/m0/s1. The fraction of sp³-hybridized carbons (Fsp3) is 0.538. The molecule has 1 heteroatoms. The summed E-state index contributed by atoms with van der Waals surface area (Å²) in [5, 5.41) is 9.07. The van der Waals surface area contributed by atoms with Gasteiger partial charge in [0.1, 0.15) is 0 Å². The lowest BCUT2D eigenvalue weighted by atomic mass is 10.1. The van der Waals surface area contributed by atoms with Gasteiger partial charge in [-0.1, -0.05) is 43.2 Å². The Labute approximate surface area is 86.8 Å². The van der Waals surface area contributed by atoms with Gasteiger partial charge in [-0.2, -0.15) is 0 Å². The molecule has 1 atom stereocenters. The van der Waals surface area contributed by atoms with Gasteiger partial charge in [0.15, 0.2) is 0 Å². The first-order valence-electron chi connectivity index (χ1n) is 5.51.